The van der Waals surface area contributed by atoms with Crippen LogP contribution in [0.2, 0.25) is 39.3 Å². The molecule has 2 aromatic carbocycles. The van der Waals surface area contributed by atoms with Gasteiger partial charge in [-0.25, -0.2) is 0 Å². The van der Waals surface area contributed by atoms with Crippen molar-refractivity contribution in [3.63, 3.8) is 0 Å². The monoisotopic (exact) mass is 670 g/mol. The normalized spacial score (nSPS) is 40.7. The van der Waals surface area contributed by atoms with Crippen molar-refractivity contribution in [1.82, 2.24) is 0 Å². The van der Waals surface area contributed by atoms with Gasteiger partial charge in [0.1, 0.15) is 16.1 Å². The molecular formula is C46H62Si2. The summed E-state index contributed by atoms with van der Waals surface area (Å²) < 4.78 is 0. The Morgan fingerprint density at radius 1 is 0.542 bits per heavy atom. The molecule has 8 bridgehead atoms. The van der Waals surface area contributed by atoms with Gasteiger partial charge in [-0.1, -0.05) is 89.2 Å². The third-order valence-corrected chi connectivity index (χ3v) is 16.0. The summed E-state index contributed by atoms with van der Waals surface area (Å²) in [6, 6.07) is 18.9. The van der Waals surface area contributed by atoms with Crippen LogP contribution in [0.25, 0.3) is 0 Å². The molecule has 8 saturated carbocycles. The van der Waals surface area contributed by atoms with E-state index in [9.17, 15) is 0 Å². The van der Waals surface area contributed by atoms with Crippen LogP contribution in [0.1, 0.15) is 113 Å². The van der Waals surface area contributed by atoms with Gasteiger partial charge >= 0.3 is 0 Å². The minimum absolute atomic E-state index is 0.472. The van der Waals surface area contributed by atoms with Crippen molar-refractivity contribution < 1.29 is 0 Å². The van der Waals surface area contributed by atoms with Crippen molar-refractivity contribution in [3.05, 3.63) is 70.8 Å². The summed E-state index contributed by atoms with van der Waals surface area (Å²) in [4.78, 5) is 0. The summed E-state index contributed by atoms with van der Waals surface area (Å²) in [6.45, 7) is 19.6. The third kappa shape index (κ3) is 6.15. The van der Waals surface area contributed by atoms with Crippen LogP contribution >= 0.6 is 0 Å². The van der Waals surface area contributed by atoms with Crippen molar-refractivity contribution in [3.8, 4) is 22.9 Å². The van der Waals surface area contributed by atoms with Gasteiger partial charge in [0.2, 0.25) is 0 Å². The molecule has 8 unspecified atom stereocenters. The van der Waals surface area contributed by atoms with Crippen molar-refractivity contribution in [2.45, 2.75) is 143 Å². The van der Waals surface area contributed by atoms with E-state index in [0.717, 1.165) is 11.8 Å². The third-order valence-electron chi connectivity index (χ3n) is 14.2. The lowest BCUT2D eigenvalue weighted by atomic mass is 9.28. The van der Waals surface area contributed by atoms with Crippen molar-refractivity contribution in [1.29, 1.82) is 0 Å². The van der Waals surface area contributed by atoms with Gasteiger partial charge in [0, 0.05) is 11.1 Å². The molecular weight excluding hydrogens is 609 g/mol. The molecule has 0 aromatic heterocycles. The van der Waals surface area contributed by atoms with E-state index in [2.05, 4.69) is 125 Å². The Kier molecular flexibility index (Phi) is 7.43. The van der Waals surface area contributed by atoms with E-state index >= 15 is 0 Å². The van der Waals surface area contributed by atoms with Crippen LogP contribution in [0, 0.1) is 67.3 Å². The molecule has 0 heterocycles. The molecule has 8 atom stereocenters. The van der Waals surface area contributed by atoms with Gasteiger partial charge in [-0.2, -0.15) is 0 Å². The van der Waals surface area contributed by atoms with Crippen LogP contribution in [-0.2, 0) is 12.8 Å². The molecule has 0 saturated heterocycles. The standard InChI is InChI=1S/C46H62Si2/c1-41-21-39-25-43(29-41,23-37-13-9-11-35(19-37)15-17-47(3,4)5)33-45(27-39,31-41)46-28-40-22-42(2,32-46)30-44(26-40,34-46)24-38-14-10-12-36(20-38)16-18-48(6,7)8/h9-14,19-20,39-40H,21-34H2,1-8H3. The van der Waals surface area contributed by atoms with E-state index in [4.69, 9.17) is 0 Å². The highest BCUT2D eigenvalue weighted by atomic mass is 28.3. The van der Waals surface area contributed by atoms with Crippen molar-refractivity contribution in [2.75, 3.05) is 0 Å². The molecule has 0 radical (unpaired) electrons. The Labute approximate surface area is 296 Å². The maximum Gasteiger partial charge on any atom is 0.129 e. The number of hydrogen-bond acceptors (Lipinski definition) is 0. The Balaban J connectivity index is 1.12. The topological polar surface area (TPSA) is 0 Å². The quantitative estimate of drug-likeness (QED) is 0.219. The summed E-state index contributed by atoms with van der Waals surface area (Å²) in [5.41, 5.74) is 15.9. The SMILES string of the molecule is CC12CC3CC(Cc4cccc(C#C[Si](C)(C)C)c4)(C1)CC(C14CC5CC(C)(CC(Cc6cccc(C#C[Si](C)(C)C)c6)(C5)C1)C4)(C3)C2. The number of benzene rings is 2. The number of rotatable bonds is 5. The molecule has 8 aliphatic rings. The van der Waals surface area contributed by atoms with Crippen molar-refractivity contribution >= 4 is 16.1 Å². The smallest absolute Gasteiger partial charge is 0.127 e. The minimum atomic E-state index is -1.40. The largest absolute Gasteiger partial charge is 0.129 e. The second kappa shape index (κ2) is 10.8. The lowest BCUT2D eigenvalue weighted by Crippen LogP contribution is -2.68. The molecule has 0 spiro atoms. The lowest BCUT2D eigenvalue weighted by molar-refractivity contribution is -0.269. The Morgan fingerprint density at radius 3 is 1.33 bits per heavy atom. The maximum absolute atomic E-state index is 3.63. The second-order valence-corrected chi connectivity index (χ2v) is 31.5. The highest BCUT2D eigenvalue weighted by molar-refractivity contribution is 6.84. The molecule has 254 valence electrons. The zero-order valence-corrected chi connectivity index (χ0v) is 33.7. The predicted octanol–water partition coefficient (Wildman–Crippen LogP) is 11.9. The van der Waals surface area contributed by atoms with Gasteiger partial charge in [0.25, 0.3) is 0 Å². The van der Waals surface area contributed by atoms with Crippen LogP contribution in [0.4, 0.5) is 0 Å². The first-order valence-corrected chi connectivity index (χ1v) is 26.6. The average Bonchev–Trinajstić information content (AvgIpc) is 2.91. The van der Waals surface area contributed by atoms with Crippen LogP contribution < -0.4 is 0 Å². The van der Waals surface area contributed by atoms with E-state index in [1.54, 1.807) is 11.1 Å². The summed E-state index contributed by atoms with van der Waals surface area (Å²) in [7, 11) is -2.79. The summed E-state index contributed by atoms with van der Waals surface area (Å²) in [5.74, 6) is 9.04. The molecule has 0 amide bonds. The first-order valence-electron chi connectivity index (χ1n) is 19.6. The zero-order chi connectivity index (χ0) is 33.8. The molecule has 0 aliphatic heterocycles. The van der Waals surface area contributed by atoms with Gasteiger partial charge in [0.05, 0.1) is 0 Å². The maximum atomic E-state index is 3.63. The molecule has 10 rings (SSSR count). The molecule has 2 heteroatoms. The Hall–Kier alpha value is -2.01. The van der Waals surface area contributed by atoms with Gasteiger partial charge in [-0.15, -0.1) is 11.1 Å². The highest BCUT2D eigenvalue weighted by Crippen LogP contribution is 2.82. The fourth-order valence-electron chi connectivity index (χ4n) is 14.8. The summed E-state index contributed by atoms with van der Waals surface area (Å²) in [6.07, 6.45) is 20.5. The van der Waals surface area contributed by atoms with E-state index in [-0.39, 0.29) is 0 Å². The Bertz CT molecular complexity index is 1620. The molecule has 2 aromatic rings. The highest BCUT2D eigenvalue weighted by Gasteiger charge is 2.72. The van der Waals surface area contributed by atoms with Crippen LogP contribution in [0.3, 0.4) is 0 Å². The Morgan fingerprint density at radius 2 is 0.958 bits per heavy atom. The second-order valence-electron chi connectivity index (χ2n) is 22.0. The van der Waals surface area contributed by atoms with E-state index < -0.39 is 16.1 Å². The first kappa shape index (κ1) is 33.2. The zero-order valence-electron chi connectivity index (χ0n) is 31.7. The van der Waals surface area contributed by atoms with Gasteiger partial charge in [0.15, 0.2) is 0 Å². The molecule has 8 fully saturated rings. The molecule has 0 N–H and O–H groups in total. The van der Waals surface area contributed by atoms with Gasteiger partial charge < -0.3 is 0 Å². The fraction of sp³-hybridized carbons (Fsp3) is 0.652. The van der Waals surface area contributed by atoms with Crippen molar-refractivity contribution in [2.24, 2.45) is 44.3 Å². The van der Waals surface area contributed by atoms with Crippen LogP contribution in [-0.4, -0.2) is 16.1 Å². The van der Waals surface area contributed by atoms with E-state index in [1.165, 1.54) is 101 Å². The van der Waals surface area contributed by atoms with E-state index in [1.807, 2.05) is 0 Å². The number of hydrogen-bond donors (Lipinski definition) is 0. The lowest BCUT2D eigenvalue weighted by Gasteiger charge is -2.77. The van der Waals surface area contributed by atoms with Crippen LogP contribution in [0.5, 0.6) is 0 Å². The molecule has 8 aliphatic carbocycles. The summed E-state index contributed by atoms with van der Waals surface area (Å²) in [5, 5.41) is 0. The molecule has 0 nitrogen and oxygen atoms in total. The fourth-order valence-corrected chi connectivity index (χ4v) is 15.8. The minimum Gasteiger partial charge on any atom is -0.127 e. The molecule has 48 heavy (non-hydrogen) atoms. The van der Waals surface area contributed by atoms with Crippen LogP contribution in [0.15, 0.2) is 48.5 Å². The predicted molar refractivity (Wildman–Crippen MR) is 209 cm³/mol. The van der Waals surface area contributed by atoms with E-state index in [0.29, 0.717) is 32.5 Å². The summed E-state index contributed by atoms with van der Waals surface area (Å²) >= 11 is 0. The first-order chi connectivity index (χ1) is 22.4. The van der Waals surface area contributed by atoms with Gasteiger partial charge in [-0.3, -0.25) is 0 Å². The van der Waals surface area contributed by atoms with Gasteiger partial charge in [-0.05, 0) is 170 Å². The average molecular weight is 671 g/mol.